The van der Waals surface area contributed by atoms with Gasteiger partial charge in [-0.05, 0) is 63.7 Å². The van der Waals surface area contributed by atoms with Crippen molar-refractivity contribution >= 4 is 0 Å². The lowest BCUT2D eigenvalue weighted by atomic mass is 9.61. The van der Waals surface area contributed by atoms with Gasteiger partial charge < -0.3 is 9.84 Å². The number of hydrogen-bond acceptors (Lipinski definition) is 2. The Hall–Kier alpha value is -0.600. The molecule has 2 nitrogen and oxygen atoms in total. The minimum atomic E-state index is -0.733. The monoisotopic (exact) mass is 304 g/mol. The Morgan fingerprint density at radius 2 is 2.14 bits per heavy atom. The van der Waals surface area contributed by atoms with Crippen LogP contribution in [-0.2, 0) is 4.74 Å². The molecule has 2 fully saturated rings. The van der Waals surface area contributed by atoms with Crippen LogP contribution < -0.4 is 0 Å². The fourth-order valence-corrected chi connectivity index (χ4v) is 5.20. The molecule has 1 aliphatic carbocycles. The van der Waals surface area contributed by atoms with Gasteiger partial charge in [-0.25, -0.2) is 0 Å². The maximum atomic E-state index is 11.1. The Morgan fingerprint density at radius 3 is 2.82 bits per heavy atom. The van der Waals surface area contributed by atoms with Gasteiger partial charge in [-0.1, -0.05) is 37.6 Å². The molecular weight excluding hydrogens is 272 g/mol. The first-order valence-corrected chi connectivity index (χ1v) is 9.02. The molecule has 1 saturated heterocycles. The minimum Gasteiger partial charge on any atom is -0.387 e. The van der Waals surface area contributed by atoms with Gasteiger partial charge >= 0.3 is 0 Å². The molecule has 0 aromatic heterocycles. The average molecular weight is 304 g/mol. The summed E-state index contributed by atoms with van der Waals surface area (Å²) < 4.78 is 6.51. The van der Waals surface area contributed by atoms with E-state index in [-0.39, 0.29) is 12.2 Å². The number of ether oxygens (including phenoxy) is 1. The third-order valence-electron chi connectivity index (χ3n) is 6.39. The van der Waals surface area contributed by atoms with Gasteiger partial charge in [0.15, 0.2) is 0 Å². The molecule has 2 bridgehead atoms. The van der Waals surface area contributed by atoms with Gasteiger partial charge in [0.2, 0.25) is 0 Å². The summed E-state index contributed by atoms with van der Waals surface area (Å²) >= 11 is 0. The molecule has 0 amide bonds. The number of hydrogen-bond donors (Lipinski definition) is 1. The Bertz CT molecular complexity index is 474. The third-order valence-corrected chi connectivity index (χ3v) is 6.39. The van der Waals surface area contributed by atoms with Crippen LogP contribution in [0.3, 0.4) is 0 Å². The number of rotatable bonds is 1. The normalized spacial score (nSPS) is 45.8. The van der Waals surface area contributed by atoms with Crippen molar-refractivity contribution in [2.24, 2.45) is 23.7 Å². The molecule has 0 radical (unpaired) electrons. The Balaban J connectivity index is 2.02. The first-order chi connectivity index (χ1) is 10.3. The van der Waals surface area contributed by atoms with Crippen LogP contribution >= 0.6 is 0 Å². The Kier molecular flexibility index (Phi) is 4.28. The van der Waals surface area contributed by atoms with Crippen molar-refractivity contribution in [3.63, 3.8) is 0 Å². The Labute approximate surface area is 135 Å². The maximum absolute atomic E-state index is 11.1. The zero-order valence-corrected chi connectivity index (χ0v) is 14.6. The second-order valence-corrected chi connectivity index (χ2v) is 8.45. The van der Waals surface area contributed by atoms with E-state index in [1.807, 2.05) is 6.92 Å². The summed E-state index contributed by atoms with van der Waals surface area (Å²) in [6.07, 6.45) is 7.54. The van der Waals surface area contributed by atoms with Gasteiger partial charge in [-0.15, -0.1) is 0 Å². The van der Waals surface area contributed by atoms with E-state index in [1.165, 1.54) is 17.6 Å². The lowest BCUT2D eigenvalue weighted by molar-refractivity contribution is -0.116. The maximum Gasteiger partial charge on any atom is 0.0901 e. The van der Waals surface area contributed by atoms with E-state index in [4.69, 9.17) is 4.74 Å². The zero-order valence-electron chi connectivity index (χ0n) is 14.6. The highest BCUT2D eigenvalue weighted by atomic mass is 16.5. The topological polar surface area (TPSA) is 29.5 Å². The smallest absolute Gasteiger partial charge is 0.0901 e. The molecule has 2 aliphatic heterocycles. The van der Waals surface area contributed by atoms with E-state index in [1.54, 1.807) is 0 Å². The van der Waals surface area contributed by atoms with E-state index in [0.717, 1.165) is 25.7 Å². The fraction of sp³-hybridized carbons (Fsp3) is 0.800. The second-order valence-electron chi connectivity index (χ2n) is 8.45. The molecule has 3 rings (SSSR count). The van der Waals surface area contributed by atoms with Crippen LogP contribution in [0.5, 0.6) is 0 Å². The largest absolute Gasteiger partial charge is 0.387 e. The molecular formula is C20H32O2. The highest BCUT2D eigenvalue weighted by Crippen LogP contribution is 2.54. The number of aliphatic hydroxyl groups is 1. The van der Waals surface area contributed by atoms with Crippen molar-refractivity contribution in [1.82, 2.24) is 0 Å². The van der Waals surface area contributed by atoms with Gasteiger partial charge in [0, 0.05) is 5.92 Å². The molecule has 3 aliphatic rings. The molecule has 2 heteroatoms. The van der Waals surface area contributed by atoms with Crippen molar-refractivity contribution in [2.75, 3.05) is 0 Å². The summed E-state index contributed by atoms with van der Waals surface area (Å²) in [5.41, 5.74) is 2.03. The minimum absolute atomic E-state index is 0.0359. The number of allylic oxidation sites excluding steroid dienone is 1. The van der Waals surface area contributed by atoms with Gasteiger partial charge in [0.05, 0.1) is 17.8 Å². The first kappa shape index (κ1) is 16.3. The third kappa shape index (κ3) is 2.69. The summed E-state index contributed by atoms with van der Waals surface area (Å²) in [4.78, 5) is 0. The second kappa shape index (κ2) is 5.79. The summed E-state index contributed by atoms with van der Waals surface area (Å²) in [6.45, 7) is 13.2. The van der Waals surface area contributed by atoms with Crippen LogP contribution in [0.4, 0.5) is 0 Å². The van der Waals surface area contributed by atoms with E-state index in [2.05, 4.69) is 33.4 Å². The Morgan fingerprint density at radius 1 is 1.41 bits per heavy atom. The van der Waals surface area contributed by atoms with Crippen molar-refractivity contribution in [3.8, 4) is 0 Å². The molecule has 1 unspecified atom stereocenters. The van der Waals surface area contributed by atoms with Crippen LogP contribution in [0.1, 0.15) is 59.8 Å². The lowest BCUT2D eigenvalue weighted by Gasteiger charge is -2.43. The summed E-state index contributed by atoms with van der Waals surface area (Å²) in [6, 6.07) is 0. The standard InChI is InChI=1S/C20H32O2/c1-12(2)15-9-8-14(4)17-16-11-13(3)7-6-10-20(5,21)19(22-16)18(15)17/h7,12,15-19,21H,4,6,8-11H2,1-3,5H3/t15-,16-,17-,18-,19-,20?/m1/s1. The quantitative estimate of drug-likeness (QED) is 0.723. The zero-order chi connectivity index (χ0) is 16.1. The van der Waals surface area contributed by atoms with E-state index >= 15 is 0 Å². The van der Waals surface area contributed by atoms with Gasteiger partial charge in [0.25, 0.3) is 0 Å². The van der Waals surface area contributed by atoms with Crippen LogP contribution in [0.15, 0.2) is 23.8 Å². The molecule has 0 aromatic carbocycles. The molecule has 1 N–H and O–H groups in total. The SMILES string of the molecule is C=C1CC[C@H](C(C)C)[C@@H]2[C@H]1[C@H]1CC(C)=CCCC(C)(O)[C@@H]2O1. The van der Waals surface area contributed by atoms with Crippen LogP contribution in [0, 0.1) is 23.7 Å². The molecule has 0 aromatic rings. The number of fused-ring (bicyclic) bond motifs is 5. The van der Waals surface area contributed by atoms with Crippen molar-refractivity contribution in [2.45, 2.75) is 77.6 Å². The van der Waals surface area contributed by atoms with Gasteiger partial charge in [0.1, 0.15) is 0 Å². The first-order valence-electron chi connectivity index (χ1n) is 9.02. The van der Waals surface area contributed by atoms with Crippen molar-refractivity contribution < 1.29 is 9.84 Å². The predicted octanol–water partition coefficient (Wildman–Crippen LogP) is 4.49. The molecule has 0 spiro atoms. The average Bonchev–Trinajstić information content (AvgIpc) is 2.80. The predicted molar refractivity (Wildman–Crippen MR) is 90.6 cm³/mol. The van der Waals surface area contributed by atoms with Crippen LogP contribution in [0.25, 0.3) is 0 Å². The lowest BCUT2D eigenvalue weighted by Crippen LogP contribution is -2.48. The summed E-state index contributed by atoms with van der Waals surface area (Å²) in [5.74, 6) is 2.15. The molecule has 1 saturated carbocycles. The van der Waals surface area contributed by atoms with E-state index in [0.29, 0.717) is 23.7 Å². The van der Waals surface area contributed by atoms with Crippen LogP contribution in [0.2, 0.25) is 0 Å². The van der Waals surface area contributed by atoms with E-state index in [9.17, 15) is 5.11 Å². The summed E-state index contributed by atoms with van der Waals surface area (Å²) in [7, 11) is 0. The molecule has 2 heterocycles. The molecule has 6 atom stereocenters. The van der Waals surface area contributed by atoms with E-state index < -0.39 is 5.60 Å². The van der Waals surface area contributed by atoms with Gasteiger partial charge in [-0.3, -0.25) is 0 Å². The van der Waals surface area contributed by atoms with Crippen LogP contribution in [-0.4, -0.2) is 22.9 Å². The van der Waals surface area contributed by atoms with Crippen molar-refractivity contribution in [3.05, 3.63) is 23.8 Å². The fourth-order valence-electron chi connectivity index (χ4n) is 5.20. The highest BCUT2D eigenvalue weighted by Gasteiger charge is 2.56. The molecule has 22 heavy (non-hydrogen) atoms. The van der Waals surface area contributed by atoms with Crippen molar-refractivity contribution in [1.29, 1.82) is 0 Å². The molecule has 124 valence electrons. The highest BCUT2D eigenvalue weighted by molar-refractivity contribution is 5.20. The summed E-state index contributed by atoms with van der Waals surface area (Å²) in [5, 5.41) is 11.1. The van der Waals surface area contributed by atoms with Gasteiger partial charge in [-0.2, -0.15) is 0 Å².